The van der Waals surface area contributed by atoms with Crippen LogP contribution in [0.25, 0.3) is 0 Å². The first-order valence-electron chi connectivity index (χ1n) is 6.24. The molecule has 104 valence electrons. The first kappa shape index (κ1) is 14.7. The second kappa shape index (κ2) is 6.18. The molecular weight excluding hydrogens is 321 g/mol. The number of aryl methyl sites for hydroxylation is 1. The highest BCUT2D eigenvalue weighted by atomic mass is 79.9. The number of carbonyl (C=O) groups is 1. The van der Waals surface area contributed by atoms with Crippen molar-refractivity contribution in [3.8, 4) is 0 Å². The molecule has 0 atom stereocenters. The molecule has 4 heteroatoms. The molecule has 0 saturated carbocycles. The Kier molecular flexibility index (Phi) is 4.55. The van der Waals surface area contributed by atoms with Crippen LogP contribution in [0.4, 0.5) is 4.39 Å². The van der Waals surface area contributed by atoms with E-state index in [9.17, 15) is 9.18 Å². The Morgan fingerprint density at radius 3 is 2.60 bits per heavy atom. The third-order valence-corrected chi connectivity index (χ3v) is 3.67. The van der Waals surface area contributed by atoms with Crippen molar-refractivity contribution in [2.45, 2.75) is 13.5 Å². The first-order chi connectivity index (χ1) is 9.49. The average molecular weight is 336 g/mol. The molecule has 2 aromatic carbocycles. The van der Waals surface area contributed by atoms with Gasteiger partial charge in [0.2, 0.25) is 0 Å². The molecule has 20 heavy (non-hydrogen) atoms. The molecule has 0 aliphatic carbocycles. The fourth-order valence-electron chi connectivity index (χ4n) is 1.98. The number of rotatable bonds is 3. The van der Waals surface area contributed by atoms with Gasteiger partial charge in [0, 0.05) is 18.1 Å². The van der Waals surface area contributed by atoms with Gasteiger partial charge >= 0.3 is 0 Å². The molecule has 1 amide bonds. The fraction of sp³-hybridized carbons (Fsp3) is 0.188. The van der Waals surface area contributed by atoms with Crippen molar-refractivity contribution < 1.29 is 9.18 Å². The molecule has 0 aliphatic rings. The molecule has 0 aliphatic heterocycles. The molecule has 2 nitrogen and oxygen atoms in total. The van der Waals surface area contributed by atoms with E-state index < -0.39 is 5.82 Å². The number of hydrogen-bond acceptors (Lipinski definition) is 1. The van der Waals surface area contributed by atoms with E-state index in [2.05, 4.69) is 15.9 Å². The van der Waals surface area contributed by atoms with Crippen LogP contribution in [0.1, 0.15) is 21.5 Å². The molecule has 0 radical (unpaired) electrons. The summed E-state index contributed by atoms with van der Waals surface area (Å²) in [5.41, 5.74) is 2.26. The summed E-state index contributed by atoms with van der Waals surface area (Å²) in [6.45, 7) is 2.45. The van der Waals surface area contributed by atoms with E-state index in [0.29, 0.717) is 11.0 Å². The third-order valence-electron chi connectivity index (χ3n) is 3.18. The largest absolute Gasteiger partial charge is 0.337 e. The van der Waals surface area contributed by atoms with Crippen molar-refractivity contribution in [1.29, 1.82) is 0 Å². The quantitative estimate of drug-likeness (QED) is 0.824. The van der Waals surface area contributed by atoms with E-state index in [1.165, 1.54) is 17.0 Å². The van der Waals surface area contributed by atoms with Crippen molar-refractivity contribution in [2.75, 3.05) is 7.05 Å². The van der Waals surface area contributed by atoms with Gasteiger partial charge in [0.15, 0.2) is 0 Å². The molecule has 2 aromatic rings. The minimum absolute atomic E-state index is 0.0873. The Labute approximate surface area is 126 Å². The number of nitrogens with zero attached hydrogens (tertiary/aromatic N) is 1. The Balaban J connectivity index is 2.19. The fourth-order valence-corrected chi connectivity index (χ4v) is 2.32. The van der Waals surface area contributed by atoms with Crippen molar-refractivity contribution in [1.82, 2.24) is 4.90 Å². The first-order valence-corrected chi connectivity index (χ1v) is 7.03. The lowest BCUT2D eigenvalue weighted by Gasteiger charge is -2.19. The zero-order valence-electron chi connectivity index (χ0n) is 11.4. The number of benzene rings is 2. The summed E-state index contributed by atoms with van der Waals surface area (Å²) in [7, 11) is 1.68. The van der Waals surface area contributed by atoms with Gasteiger partial charge in [-0.25, -0.2) is 4.39 Å². The molecule has 0 saturated heterocycles. The van der Waals surface area contributed by atoms with Gasteiger partial charge in [0.05, 0.1) is 5.56 Å². The Morgan fingerprint density at radius 1 is 1.25 bits per heavy atom. The maximum Gasteiger partial charge on any atom is 0.256 e. The molecule has 0 unspecified atom stereocenters. The van der Waals surface area contributed by atoms with Gasteiger partial charge in [-0.2, -0.15) is 0 Å². The summed E-state index contributed by atoms with van der Waals surface area (Å²) >= 11 is 3.18. The van der Waals surface area contributed by atoms with Crippen LogP contribution in [-0.4, -0.2) is 17.9 Å². The zero-order chi connectivity index (χ0) is 14.7. The number of amides is 1. The number of carbonyl (C=O) groups excluding carboxylic acids is 1. The van der Waals surface area contributed by atoms with E-state index in [1.54, 1.807) is 13.1 Å². The SMILES string of the molecule is Cc1ccccc1CN(C)C(=O)c1ccc(Br)cc1F. The predicted molar refractivity (Wildman–Crippen MR) is 81.1 cm³/mol. The lowest BCUT2D eigenvalue weighted by Crippen LogP contribution is -2.27. The highest BCUT2D eigenvalue weighted by molar-refractivity contribution is 9.10. The number of hydrogen-bond donors (Lipinski definition) is 0. The minimum atomic E-state index is -0.513. The predicted octanol–water partition coefficient (Wildman–Crippen LogP) is 4.17. The molecule has 0 fully saturated rings. The van der Waals surface area contributed by atoms with Crippen LogP contribution in [-0.2, 0) is 6.54 Å². The summed E-state index contributed by atoms with van der Waals surface area (Å²) in [6, 6.07) is 12.3. The lowest BCUT2D eigenvalue weighted by molar-refractivity contribution is 0.0780. The molecule has 0 bridgehead atoms. The third kappa shape index (κ3) is 3.25. The van der Waals surface area contributed by atoms with Crippen molar-refractivity contribution in [2.24, 2.45) is 0 Å². The second-order valence-corrected chi connectivity index (χ2v) is 5.63. The van der Waals surface area contributed by atoms with Crippen molar-refractivity contribution >= 4 is 21.8 Å². The van der Waals surface area contributed by atoms with Crippen LogP contribution in [0.3, 0.4) is 0 Å². The van der Waals surface area contributed by atoms with E-state index in [-0.39, 0.29) is 11.5 Å². The van der Waals surface area contributed by atoms with Gasteiger partial charge in [-0.05, 0) is 36.2 Å². The molecule has 0 spiro atoms. The normalized spacial score (nSPS) is 10.4. The maximum atomic E-state index is 13.8. The van der Waals surface area contributed by atoms with Crippen LogP contribution >= 0.6 is 15.9 Å². The summed E-state index contributed by atoms with van der Waals surface area (Å²) in [4.78, 5) is 13.8. The zero-order valence-corrected chi connectivity index (χ0v) is 12.9. The summed E-state index contributed by atoms with van der Waals surface area (Å²) in [6.07, 6.45) is 0. The lowest BCUT2D eigenvalue weighted by atomic mass is 10.1. The van der Waals surface area contributed by atoms with Crippen molar-refractivity contribution in [3.63, 3.8) is 0 Å². The van der Waals surface area contributed by atoms with E-state index >= 15 is 0 Å². The van der Waals surface area contributed by atoms with E-state index in [4.69, 9.17) is 0 Å². The average Bonchev–Trinajstić information content (AvgIpc) is 2.40. The molecule has 0 heterocycles. The Bertz CT molecular complexity index is 642. The minimum Gasteiger partial charge on any atom is -0.337 e. The van der Waals surface area contributed by atoms with Gasteiger partial charge in [0.1, 0.15) is 5.82 Å². The molecular formula is C16H15BrFNO. The second-order valence-electron chi connectivity index (χ2n) is 4.71. The van der Waals surface area contributed by atoms with Gasteiger partial charge < -0.3 is 4.90 Å². The van der Waals surface area contributed by atoms with Crippen LogP contribution in [0.15, 0.2) is 46.9 Å². The van der Waals surface area contributed by atoms with Gasteiger partial charge in [0.25, 0.3) is 5.91 Å². The Morgan fingerprint density at radius 2 is 1.95 bits per heavy atom. The van der Waals surface area contributed by atoms with Crippen LogP contribution in [0.5, 0.6) is 0 Å². The van der Waals surface area contributed by atoms with Crippen LogP contribution < -0.4 is 0 Å². The van der Waals surface area contributed by atoms with Gasteiger partial charge in [-0.1, -0.05) is 40.2 Å². The smallest absolute Gasteiger partial charge is 0.256 e. The number of halogens is 2. The standard InChI is InChI=1S/C16H15BrFNO/c1-11-5-3-4-6-12(11)10-19(2)16(20)14-8-7-13(17)9-15(14)18/h3-9H,10H2,1-2H3. The van der Waals surface area contributed by atoms with Gasteiger partial charge in [-0.15, -0.1) is 0 Å². The van der Waals surface area contributed by atoms with Crippen LogP contribution in [0, 0.1) is 12.7 Å². The highest BCUT2D eigenvalue weighted by Crippen LogP contribution is 2.18. The van der Waals surface area contributed by atoms with Crippen molar-refractivity contribution in [3.05, 3.63) is 69.4 Å². The summed E-state index contributed by atoms with van der Waals surface area (Å²) in [5.74, 6) is -0.834. The highest BCUT2D eigenvalue weighted by Gasteiger charge is 2.16. The van der Waals surface area contributed by atoms with Gasteiger partial charge in [-0.3, -0.25) is 4.79 Å². The summed E-state index contributed by atoms with van der Waals surface area (Å²) < 4.78 is 14.4. The monoisotopic (exact) mass is 335 g/mol. The Hall–Kier alpha value is -1.68. The van der Waals surface area contributed by atoms with E-state index in [1.807, 2.05) is 31.2 Å². The molecule has 0 aromatic heterocycles. The maximum absolute atomic E-state index is 13.8. The summed E-state index contributed by atoms with van der Waals surface area (Å²) in [5, 5.41) is 0. The van der Waals surface area contributed by atoms with Crippen LogP contribution in [0.2, 0.25) is 0 Å². The van der Waals surface area contributed by atoms with E-state index in [0.717, 1.165) is 11.1 Å². The molecule has 2 rings (SSSR count). The molecule has 0 N–H and O–H groups in total. The topological polar surface area (TPSA) is 20.3 Å².